The maximum atomic E-state index is 13.5. The van der Waals surface area contributed by atoms with Crippen molar-refractivity contribution < 1.29 is 24.2 Å². The summed E-state index contributed by atoms with van der Waals surface area (Å²) >= 11 is 0. The number of benzene rings is 2. The number of carbonyl (C=O) groups is 3. The number of carbonyl (C=O) groups excluding carboxylic acids is 2. The average Bonchev–Trinajstić information content (AvgIpc) is 3.27. The monoisotopic (exact) mass is 504 g/mol. The highest BCUT2D eigenvalue weighted by molar-refractivity contribution is 6.04. The van der Waals surface area contributed by atoms with Crippen LogP contribution in [0.4, 0.5) is 16.3 Å². The highest BCUT2D eigenvalue weighted by Crippen LogP contribution is 2.35. The van der Waals surface area contributed by atoms with E-state index in [2.05, 4.69) is 17.3 Å². The first kappa shape index (κ1) is 25.9. The number of nitrogens with zero attached hydrogens (tertiary/aromatic N) is 3. The molecule has 0 spiro atoms. The Morgan fingerprint density at radius 3 is 2.27 bits per heavy atom. The molecule has 2 N–H and O–H groups in total. The number of para-hydroxylation sites is 1. The molecular formula is C28H32N4O5. The van der Waals surface area contributed by atoms with Gasteiger partial charge in [0.05, 0.1) is 11.9 Å². The third kappa shape index (κ3) is 6.17. The van der Waals surface area contributed by atoms with Crippen LogP contribution in [0.1, 0.15) is 56.8 Å². The number of hydrogen-bond donors (Lipinski definition) is 2. The quantitative estimate of drug-likeness (QED) is 0.396. The number of carboxylic acid groups (broad SMARTS) is 1. The van der Waals surface area contributed by atoms with Crippen LogP contribution >= 0.6 is 0 Å². The van der Waals surface area contributed by atoms with Crippen LogP contribution in [0.5, 0.6) is 5.75 Å². The Bertz CT molecular complexity index is 1250. The number of rotatable bonds is 7. The van der Waals surface area contributed by atoms with Gasteiger partial charge in [0, 0.05) is 23.2 Å². The summed E-state index contributed by atoms with van der Waals surface area (Å²) < 4.78 is 6.49. The van der Waals surface area contributed by atoms with E-state index >= 15 is 0 Å². The van der Waals surface area contributed by atoms with Gasteiger partial charge in [0.15, 0.2) is 5.75 Å². The summed E-state index contributed by atoms with van der Waals surface area (Å²) in [6.45, 7) is 5.93. The fourth-order valence-electron chi connectivity index (χ4n) is 4.61. The van der Waals surface area contributed by atoms with Crippen molar-refractivity contribution in [2.75, 3.05) is 10.2 Å². The van der Waals surface area contributed by atoms with Gasteiger partial charge in [-0.1, -0.05) is 25.1 Å². The van der Waals surface area contributed by atoms with Gasteiger partial charge in [0.1, 0.15) is 0 Å². The van der Waals surface area contributed by atoms with Crippen LogP contribution in [-0.2, 0) is 4.79 Å². The highest BCUT2D eigenvalue weighted by atomic mass is 16.7. The molecule has 194 valence electrons. The van der Waals surface area contributed by atoms with E-state index in [9.17, 15) is 19.5 Å². The third-order valence-corrected chi connectivity index (χ3v) is 6.63. The molecule has 1 heterocycles. The van der Waals surface area contributed by atoms with Gasteiger partial charge in [0.25, 0.3) is 5.91 Å². The summed E-state index contributed by atoms with van der Waals surface area (Å²) in [5.74, 6) is 0.266. The molecule has 0 aliphatic heterocycles. The van der Waals surface area contributed by atoms with Crippen molar-refractivity contribution in [1.29, 1.82) is 0 Å². The lowest BCUT2D eigenvalue weighted by Crippen LogP contribution is -2.42. The molecule has 2 aromatic carbocycles. The molecular weight excluding hydrogens is 472 g/mol. The molecule has 9 nitrogen and oxygen atoms in total. The molecule has 1 fully saturated rings. The minimum absolute atomic E-state index is 0.0235. The maximum absolute atomic E-state index is 13.5. The average molecular weight is 505 g/mol. The summed E-state index contributed by atoms with van der Waals surface area (Å²) in [6, 6.07) is 15.6. The van der Waals surface area contributed by atoms with Crippen LogP contribution in [0.25, 0.3) is 5.69 Å². The largest absolute Gasteiger partial charge is 0.511 e. The van der Waals surface area contributed by atoms with Crippen molar-refractivity contribution >= 4 is 29.5 Å². The van der Waals surface area contributed by atoms with Gasteiger partial charge in [-0.25, -0.2) is 9.48 Å². The summed E-state index contributed by atoms with van der Waals surface area (Å²) in [6.07, 6.45) is 3.51. The molecule has 37 heavy (non-hydrogen) atoms. The van der Waals surface area contributed by atoms with E-state index in [4.69, 9.17) is 4.74 Å². The lowest BCUT2D eigenvalue weighted by molar-refractivity contribution is -0.124. The van der Waals surface area contributed by atoms with E-state index in [1.807, 2.05) is 32.0 Å². The second-order valence-electron chi connectivity index (χ2n) is 9.76. The van der Waals surface area contributed by atoms with E-state index in [0.717, 1.165) is 25.7 Å². The Labute approximate surface area is 216 Å². The molecule has 1 aromatic heterocycles. The van der Waals surface area contributed by atoms with Crippen LogP contribution in [0, 0.1) is 11.8 Å². The second kappa shape index (κ2) is 11.3. The van der Waals surface area contributed by atoms with Crippen molar-refractivity contribution in [1.82, 2.24) is 9.78 Å². The molecule has 3 aromatic rings. The number of amides is 2. The van der Waals surface area contributed by atoms with Gasteiger partial charge in [0.2, 0.25) is 11.7 Å². The molecule has 2 amide bonds. The molecule has 0 saturated heterocycles. The van der Waals surface area contributed by atoms with E-state index in [1.54, 1.807) is 36.4 Å². The molecule has 0 atom stereocenters. The summed E-state index contributed by atoms with van der Waals surface area (Å²) in [5, 5.41) is 16.7. The molecule has 9 heteroatoms. The molecule has 4 rings (SSSR count). The van der Waals surface area contributed by atoms with Gasteiger partial charge in [-0.2, -0.15) is 0 Å². The maximum Gasteiger partial charge on any atom is 0.511 e. The molecule has 0 bridgehead atoms. The van der Waals surface area contributed by atoms with Crippen molar-refractivity contribution in [2.45, 2.75) is 52.5 Å². The zero-order valence-electron chi connectivity index (χ0n) is 21.3. The lowest BCUT2D eigenvalue weighted by atomic mass is 9.82. The predicted octanol–water partition coefficient (Wildman–Crippen LogP) is 5.75. The SMILES string of the molecule is CC(C)N(c1nn(-c2ccc(C(=O)Nc3ccccc3)cc2)cc1OC(=O)O)C(=O)[C@H]1CC[C@H](C)CC1. The molecule has 1 aliphatic carbocycles. The Kier molecular flexibility index (Phi) is 7.91. The summed E-state index contributed by atoms with van der Waals surface area (Å²) in [4.78, 5) is 39.1. The van der Waals surface area contributed by atoms with Gasteiger partial charge in [-0.05, 0) is 81.8 Å². The summed E-state index contributed by atoms with van der Waals surface area (Å²) in [5.41, 5.74) is 1.72. The Morgan fingerprint density at radius 1 is 1.03 bits per heavy atom. The third-order valence-electron chi connectivity index (χ3n) is 6.63. The van der Waals surface area contributed by atoms with Crippen molar-refractivity contribution in [3.8, 4) is 11.4 Å². The zero-order chi connectivity index (χ0) is 26.5. The number of nitrogens with one attached hydrogen (secondary N) is 1. The molecule has 1 saturated carbocycles. The molecule has 0 unspecified atom stereocenters. The zero-order valence-corrected chi connectivity index (χ0v) is 21.3. The number of aromatic nitrogens is 2. The minimum atomic E-state index is -1.49. The smallest absolute Gasteiger partial charge is 0.449 e. The topological polar surface area (TPSA) is 114 Å². The lowest BCUT2D eigenvalue weighted by Gasteiger charge is -2.32. The fourth-order valence-corrected chi connectivity index (χ4v) is 4.61. The minimum Gasteiger partial charge on any atom is -0.449 e. The Morgan fingerprint density at radius 2 is 1.68 bits per heavy atom. The molecule has 0 radical (unpaired) electrons. The Balaban J connectivity index is 1.60. The van der Waals surface area contributed by atoms with Gasteiger partial charge in [-0.3, -0.25) is 14.5 Å². The number of ether oxygens (including phenoxy) is 1. The van der Waals surface area contributed by atoms with Crippen LogP contribution < -0.4 is 15.0 Å². The highest BCUT2D eigenvalue weighted by Gasteiger charge is 2.34. The fraction of sp³-hybridized carbons (Fsp3) is 0.357. The van der Waals surface area contributed by atoms with Crippen molar-refractivity contribution in [3.05, 3.63) is 66.4 Å². The standard InChI is InChI=1S/C28H32N4O5/c1-18(2)32(27(34)21-11-9-19(3)10-12-21)25-24(37-28(35)36)17-31(30-25)23-15-13-20(14-16-23)26(33)29-22-7-5-4-6-8-22/h4-8,13-19,21H,9-12H2,1-3H3,(H,29,33)(H,35,36)/t19-,21-. The van der Waals surface area contributed by atoms with Gasteiger partial charge >= 0.3 is 6.16 Å². The number of hydrogen-bond acceptors (Lipinski definition) is 5. The van der Waals surface area contributed by atoms with Crippen molar-refractivity contribution in [2.24, 2.45) is 11.8 Å². The van der Waals surface area contributed by atoms with Crippen molar-refractivity contribution in [3.63, 3.8) is 0 Å². The summed E-state index contributed by atoms with van der Waals surface area (Å²) in [7, 11) is 0. The normalized spacial score (nSPS) is 17.3. The first-order chi connectivity index (χ1) is 17.7. The van der Waals surface area contributed by atoms with E-state index < -0.39 is 6.16 Å². The van der Waals surface area contributed by atoms with E-state index in [1.165, 1.54) is 15.8 Å². The second-order valence-corrected chi connectivity index (χ2v) is 9.76. The van der Waals surface area contributed by atoms with E-state index in [0.29, 0.717) is 22.9 Å². The van der Waals surface area contributed by atoms with Crippen LogP contribution in [0.3, 0.4) is 0 Å². The first-order valence-corrected chi connectivity index (χ1v) is 12.5. The predicted molar refractivity (Wildman–Crippen MR) is 140 cm³/mol. The van der Waals surface area contributed by atoms with Crippen LogP contribution in [-0.4, -0.2) is 38.9 Å². The van der Waals surface area contributed by atoms with Crippen LogP contribution in [0.2, 0.25) is 0 Å². The van der Waals surface area contributed by atoms with Gasteiger partial charge < -0.3 is 15.2 Å². The van der Waals surface area contributed by atoms with Gasteiger partial charge in [-0.15, -0.1) is 5.10 Å². The Hall–Kier alpha value is -4.14. The molecule has 1 aliphatic rings. The van der Waals surface area contributed by atoms with Crippen LogP contribution in [0.15, 0.2) is 60.8 Å². The first-order valence-electron chi connectivity index (χ1n) is 12.5. The number of anilines is 2. The van der Waals surface area contributed by atoms with E-state index in [-0.39, 0.29) is 35.3 Å².